The molecule has 0 aromatic heterocycles. The van der Waals surface area contributed by atoms with Crippen molar-refractivity contribution in [3.05, 3.63) is 36.4 Å². The smallest absolute Gasteiger partial charge is 0.162 e. The van der Waals surface area contributed by atoms with E-state index in [0.717, 1.165) is 11.1 Å². The first-order valence-corrected chi connectivity index (χ1v) is 7.50. The first kappa shape index (κ1) is 14.5. The van der Waals surface area contributed by atoms with Crippen molar-refractivity contribution in [1.82, 2.24) is 0 Å². The Morgan fingerprint density at radius 3 is 2.30 bits per heavy atom. The van der Waals surface area contributed by atoms with E-state index in [-0.39, 0.29) is 4.90 Å². The summed E-state index contributed by atoms with van der Waals surface area (Å²) in [5, 5.41) is 15.7. The van der Waals surface area contributed by atoms with Crippen molar-refractivity contribution in [3.8, 4) is 0 Å². The van der Waals surface area contributed by atoms with E-state index in [9.17, 15) is 9.11 Å². The summed E-state index contributed by atoms with van der Waals surface area (Å²) in [5.74, 6) is 0. The zero-order valence-corrected chi connectivity index (χ0v) is 12.1. The van der Waals surface area contributed by atoms with Gasteiger partial charge in [-0.1, -0.05) is 24.3 Å². The van der Waals surface area contributed by atoms with Crippen molar-refractivity contribution < 1.29 is 9.11 Å². The Balaban J connectivity index is 2.77. The molecule has 106 valence electrons. The Kier molecular flexibility index (Phi) is 3.80. The van der Waals surface area contributed by atoms with E-state index in [2.05, 4.69) is 0 Å². The highest BCUT2D eigenvalue weighted by Gasteiger charge is 2.23. The molecular formula is C14H17N3O2S. The number of nitrogens with one attached hydrogen (secondary N) is 2. The molecule has 0 radical (unpaired) electrons. The molecule has 0 aliphatic heterocycles. The molecule has 5 nitrogen and oxygen atoms in total. The van der Waals surface area contributed by atoms with Crippen LogP contribution >= 0.6 is 10.6 Å². The van der Waals surface area contributed by atoms with Crippen LogP contribution in [0.2, 0.25) is 0 Å². The molecule has 6 heteroatoms. The number of hydrogen-bond acceptors (Lipinski definition) is 5. The lowest BCUT2D eigenvalue weighted by atomic mass is 10.1. The fraction of sp³-hybridized carbons (Fsp3) is 0.143. The van der Waals surface area contributed by atoms with Gasteiger partial charge >= 0.3 is 0 Å². The third-order valence-electron chi connectivity index (χ3n) is 3.09. The van der Waals surface area contributed by atoms with Gasteiger partial charge < -0.3 is 10.3 Å². The number of rotatable bonds is 3. The van der Waals surface area contributed by atoms with E-state index in [1.165, 1.54) is 0 Å². The maximum absolute atomic E-state index is 10.2. The number of benzene rings is 2. The normalized spacial score (nSPS) is 12.2. The Labute approximate surface area is 119 Å². The van der Waals surface area contributed by atoms with Gasteiger partial charge in [0, 0.05) is 30.6 Å². The molecule has 0 aliphatic carbocycles. The van der Waals surface area contributed by atoms with Gasteiger partial charge in [-0.2, -0.15) is 0 Å². The minimum absolute atomic E-state index is 0.284. The Morgan fingerprint density at radius 2 is 1.70 bits per heavy atom. The lowest BCUT2D eigenvalue weighted by Crippen LogP contribution is -2.13. The predicted octanol–water partition coefficient (Wildman–Crippen LogP) is 3.64. The van der Waals surface area contributed by atoms with Gasteiger partial charge in [0.2, 0.25) is 0 Å². The van der Waals surface area contributed by atoms with Crippen LogP contribution in [0.4, 0.5) is 5.69 Å². The van der Waals surface area contributed by atoms with Crippen molar-refractivity contribution in [2.75, 3.05) is 19.0 Å². The molecular weight excluding hydrogens is 274 g/mol. The molecule has 2 aromatic rings. The molecule has 0 bridgehead atoms. The van der Waals surface area contributed by atoms with E-state index in [0.29, 0.717) is 11.6 Å². The molecule has 0 atom stereocenters. The number of fused-ring (bicyclic) bond motifs is 1. The van der Waals surface area contributed by atoms with Gasteiger partial charge in [-0.05, 0) is 12.1 Å². The van der Waals surface area contributed by atoms with Crippen LogP contribution < -0.4 is 4.90 Å². The minimum atomic E-state index is -3.44. The summed E-state index contributed by atoms with van der Waals surface area (Å²) in [6, 6.07) is 10.8. The van der Waals surface area contributed by atoms with Crippen LogP contribution in [-0.4, -0.2) is 34.5 Å². The lowest BCUT2D eigenvalue weighted by Gasteiger charge is -2.32. The topological polar surface area (TPSA) is 91.4 Å². The van der Waals surface area contributed by atoms with Crippen molar-refractivity contribution in [2.45, 2.75) is 4.90 Å². The van der Waals surface area contributed by atoms with Crippen molar-refractivity contribution in [2.24, 2.45) is 0 Å². The molecule has 2 rings (SSSR count). The van der Waals surface area contributed by atoms with Gasteiger partial charge in [0.05, 0.1) is 11.1 Å². The summed E-state index contributed by atoms with van der Waals surface area (Å²) in [7, 11) is 0.395. The number of nitrogens with zero attached hydrogens (tertiary/aromatic N) is 1. The maximum atomic E-state index is 10.2. The summed E-state index contributed by atoms with van der Waals surface area (Å²) in [5.41, 5.74) is 0.959. The van der Waals surface area contributed by atoms with Crippen LogP contribution in [0.25, 0.3) is 10.8 Å². The van der Waals surface area contributed by atoms with Gasteiger partial charge in [-0.25, -0.2) is 0 Å². The van der Waals surface area contributed by atoms with Gasteiger partial charge in [-0.3, -0.25) is 14.5 Å². The highest BCUT2D eigenvalue weighted by molar-refractivity contribution is 8.38. The molecule has 0 amide bonds. The molecule has 0 saturated carbocycles. The van der Waals surface area contributed by atoms with Crippen LogP contribution in [0.5, 0.6) is 0 Å². The maximum Gasteiger partial charge on any atom is 0.162 e. The highest BCUT2D eigenvalue weighted by Crippen LogP contribution is 2.51. The van der Waals surface area contributed by atoms with Gasteiger partial charge in [-0.15, -0.1) is 10.6 Å². The standard InChI is InChI=1S/C14H17N3O2S/c1-17(2)12-7-3-6-11-10(12)5-4-8-13(11)20(18,19)14(16)9-15/h3-9,15-16,18-19H,1-2H3. The summed E-state index contributed by atoms with van der Waals surface area (Å²) in [4.78, 5) is 2.23. The van der Waals surface area contributed by atoms with E-state index < -0.39 is 15.6 Å². The molecule has 0 heterocycles. The van der Waals surface area contributed by atoms with E-state index in [4.69, 9.17) is 10.8 Å². The summed E-state index contributed by atoms with van der Waals surface area (Å²) in [6.07, 6.45) is 0.671. The van der Waals surface area contributed by atoms with E-state index >= 15 is 0 Å². The second kappa shape index (κ2) is 5.24. The third-order valence-corrected chi connectivity index (χ3v) is 4.79. The van der Waals surface area contributed by atoms with Gasteiger partial charge in [0.25, 0.3) is 0 Å². The molecule has 0 unspecified atom stereocenters. The lowest BCUT2D eigenvalue weighted by molar-refractivity contribution is 0.505. The van der Waals surface area contributed by atoms with Gasteiger partial charge in [0.15, 0.2) is 5.04 Å². The van der Waals surface area contributed by atoms with Crippen LogP contribution in [0.1, 0.15) is 0 Å². The fourth-order valence-electron chi connectivity index (χ4n) is 2.10. The van der Waals surface area contributed by atoms with Crippen molar-refractivity contribution >= 4 is 38.3 Å². The highest BCUT2D eigenvalue weighted by atomic mass is 32.3. The third kappa shape index (κ3) is 2.29. The van der Waals surface area contributed by atoms with Gasteiger partial charge in [0.1, 0.15) is 0 Å². The average Bonchev–Trinajstić information content (AvgIpc) is 2.44. The van der Waals surface area contributed by atoms with E-state index in [1.807, 2.05) is 37.2 Å². The zero-order chi connectivity index (χ0) is 14.9. The molecule has 0 aliphatic rings. The SMILES string of the molecule is CN(C)c1cccc2c(S(O)(O)C(=N)C=N)cccc12. The van der Waals surface area contributed by atoms with E-state index in [1.54, 1.807) is 18.2 Å². The minimum Gasteiger partial charge on any atom is -0.377 e. The molecule has 2 aromatic carbocycles. The summed E-state index contributed by atoms with van der Waals surface area (Å²) < 4.78 is 20.5. The van der Waals surface area contributed by atoms with Crippen molar-refractivity contribution in [3.63, 3.8) is 0 Å². The first-order chi connectivity index (χ1) is 9.39. The average molecular weight is 291 g/mol. The molecule has 0 spiro atoms. The summed E-state index contributed by atoms with van der Waals surface area (Å²) in [6.45, 7) is 0. The number of hydrogen-bond donors (Lipinski definition) is 4. The fourth-order valence-corrected chi connectivity index (χ4v) is 3.26. The molecule has 0 fully saturated rings. The Morgan fingerprint density at radius 1 is 1.10 bits per heavy atom. The molecule has 0 saturated heterocycles. The summed E-state index contributed by atoms with van der Waals surface area (Å²) >= 11 is 0. The van der Waals surface area contributed by atoms with Crippen molar-refractivity contribution in [1.29, 1.82) is 10.8 Å². The first-order valence-electron chi connectivity index (χ1n) is 5.96. The predicted molar refractivity (Wildman–Crippen MR) is 85.9 cm³/mol. The molecule has 4 N–H and O–H groups in total. The van der Waals surface area contributed by atoms with Crippen LogP contribution in [0.3, 0.4) is 0 Å². The zero-order valence-electron chi connectivity index (χ0n) is 11.3. The monoisotopic (exact) mass is 291 g/mol. The Bertz CT molecular complexity index is 683. The molecule has 20 heavy (non-hydrogen) atoms. The second-order valence-corrected chi connectivity index (χ2v) is 6.56. The van der Waals surface area contributed by atoms with Crippen LogP contribution in [-0.2, 0) is 0 Å². The van der Waals surface area contributed by atoms with Crippen LogP contribution in [0, 0.1) is 10.8 Å². The number of anilines is 1. The van der Waals surface area contributed by atoms with Crippen LogP contribution in [0.15, 0.2) is 41.3 Å². The quantitative estimate of drug-likeness (QED) is 0.514. The Hall–Kier alpha value is -1.89. The largest absolute Gasteiger partial charge is 0.377 e. The second-order valence-electron chi connectivity index (χ2n) is 4.58.